The standard InChI is InChI=1S/C13H17NO/c1-5-13(3,4)10-6-7-12-11(8-10)14-9(2)15-12/h6-8H,5H2,1-4H3. The van der Waals surface area contributed by atoms with Gasteiger partial charge in [0.1, 0.15) is 5.52 Å². The zero-order chi connectivity index (χ0) is 11.1. The van der Waals surface area contributed by atoms with Gasteiger partial charge in [-0.3, -0.25) is 0 Å². The lowest BCUT2D eigenvalue weighted by Gasteiger charge is -2.22. The van der Waals surface area contributed by atoms with E-state index >= 15 is 0 Å². The minimum Gasteiger partial charge on any atom is -0.441 e. The number of aromatic nitrogens is 1. The van der Waals surface area contributed by atoms with Crippen LogP contribution in [0.2, 0.25) is 0 Å². The second kappa shape index (κ2) is 3.37. The number of benzene rings is 1. The van der Waals surface area contributed by atoms with Crippen molar-refractivity contribution in [3.05, 3.63) is 29.7 Å². The molecule has 1 heterocycles. The van der Waals surface area contributed by atoms with Crippen LogP contribution in [0.25, 0.3) is 11.1 Å². The van der Waals surface area contributed by atoms with Crippen LogP contribution in [0.15, 0.2) is 22.6 Å². The molecule has 1 aromatic carbocycles. The van der Waals surface area contributed by atoms with Gasteiger partial charge in [0, 0.05) is 6.92 Å². The summed E-state index contributed by atoms with van der Waals surface area (Å²) in [5, 5.41) is 0. The van der Waals surface area contributed by atoms with Crippen LogP contribution < -0.4 is 0 Å². The summed E-state index contributed by atoms with van der Waals surface area (Å²) < 4.78 is 5.46. The van der Waals surface area contributed by atoms with Crippen LogP contribution in [-0.2, 0) is 5.41 Å². The summed E-state index contributed by atoms with van der Waals surface area (Å²) in [6, 6.07) is 6.29. The molecule has 0 aliphatic heterocycles. The van der Waals surface area contributed by atoms with E-state index in [1.807, 2.05) is 13.0 Å². The molecule has 0 unspecified atom stereocenters. The molecule has 0 radical (unpaired) electrons. The number of rotatable bonds is 2. The Kier molecular flexibility index (Phi) is 2.29. The van der Waals surface area contributed by atoms with Crippen molar-refractivity contribution in [2.75, 3.05) is 0 Å². The van der Waals surface area contributed by atoms with Crippen molar-refractivity contribution in [3.63, 3.8) is 0 Å². The van der Waals surface area contributed by atoms with Crippen LogP contribution >= 0.6 is 0 Å². The molecule has 0 spiro atoms. The highest BCUT2D eigenvalue weighted by molar-refractivity contribution is 5.73. The van der Waals surface area contributed by atoms with E-state index in [-0.39, 0.29) is 5.41 Å². The Balaban J connectivity index is 2.55. The molecule has 0 amide bonds. The molecule has 0 bridgehead atoms. The van der Waals surface area contributed by atoms with Gasteiger partial charge in [-0.05, 0) is 29.5 Å². The smallest absolute Gasteiger partial charge is 0.192 e. The van der Waals surface area contributed by atoms with Crippen molar-refractivity contribution in [2.24, 2.45) is 0 Å². The molecule has 2 heteroatoms. The van der Waals surface area contributed by atoms with Crippen molar-refractivity contribution < 1.29 is 4.42 Å². The lowest BCUT2D eigenvalue weighted by atomic mass is 9.82. The fraction of sp³-hybridized carbons (Fsp3) is 0.462. The lowest BCUT2D eigenvalue weighted by Crippen LogP contribution is -2.14. The van der Waals surface area contributed by atoms with Crippen molar-refractivity contribution in [1.82, 2.24) is 4.98 Å². The van der Waals surface area contributed by atoms with Crippen LogP contribution in [0.4, 0.5) is 0 Å². The van der Waals surface area contributed by atoms with E-state index in [1.165, 1.54) is 5.56 Å². The van der Waals surface area contributed by atoms with Gasteiger partial charge in [-0.25, -0.2) is 4.98 Å². The first-order valence-corrected chi connectivity index (χ1v) is 5.40. The molecule has 2 nitrogen and oxygen atoms in total. The fourth-order valence-electron chi connectivity index (χ4n) is 1.67. The molecule has 0 aliphatic rings. The summed E-state index contributed by atoms with van der Waals surface area (Å²) in [4.78, 5) is 4.35. The second-order valence-corrected chi connectivity index (χ2v) is 4.65. The number of hydrogen-bond acceptors (Lipinski definition) is 2. The van der Waals surface area contributed by atoms with Gasteiger partial charge in [-0.2, -0.15) is 0 Å². The minimum absolute atomic E-state index is 0.209. The molecular formula is C13H17NO. The topological polar surface area (TPSA) is 26.0 Å². The monoisotopic (exact) mass is 203 g/mol. The number of nitrogens with zero attached hydrogens (tertiary/aromatic N) is 1. The molecule has 0 N–H and O–H groups in total. The Labute approximate surface area is 90.3 Å². The largest absolute Gasteiger partial charge is 0.441 e. The zero-order valence-corrected chi connectivity index (χ0v) is 9.79. The molecular weight excluding hydrogens is 186 g/mol. The van der Waals surface area contributed by atoms with Crippen LogP contribution in [0.5, 0.6) is 0 Å². The lowest BCUT2D eigenvalue weighted by molar-refractivity contribution is 0.506. The number of aryl methyl sites for hydroxylation is 1. The second-order valence-electron chi connectivity index (χ2n) is 4.65. The van der Waals surface area contributed by atoms with E-state index in [2.05, 4.69) is 37.9 Å². The fourth-order valence-corrected chi connectivity index (χ4v) is 1.67. The first-order valence-electron chi connectivity index (χ1n) is 5.40. The third-order valence-electron chi connectivity index (χ3n) is 3.16. The third-order valence-corrected chi connectivity index (χ3v) is 3.16. The van der Waals surface area contributed by atoms with Crippen molar-refractivity contribution >= 4 is 11.1 Å². The third kappa shape index (κ3) is 1.76. The Hall–Kier alpha value is -1.31. The number of oxazole rings is 1. The van der Waals surface area contributed by atoms with Crippen molar-refractivity contribution in [3.8, 4) is 0 Å². The van der Waals surface area contributed by atoms with Crippen LogP contribution in [0, 0.1) is 6.92 Å². The maximum atomic E-state index is 5.46. The van der Waals surface area contributed by atoms with Crippen LogP contribution in [0.1, 0.15) is 38.6 Å². The van der Waals surface area contributed by atoms with E-state index in [1.54, 1.807) is 0 Å². The summed E-state index contributed by atoms with van der Waals surface area (Å²) in [5.74, 6) is 0.733. The average Bonchev–Trinajstić information content (AvgIpc) is 2.56. The summed E-state index contributed by atoms with van der Waals surface area (Å²) in [7, 11) is 0. The summed E-state index contributed by atoms with van der Waals surface area (Å²) in [5.41, 5.74) is 3.38. The van der Waals surface area contributed by atoms with Gasteiger partial charge in [-0.1, -0.05) is 26.8 Å². The highest BCUT2D eigenvalue weighted by Crippen LogP contribution is 2.29. The van der Waals surface area contributed by atoms with E-state index in [0.717, 1.165) is 23.4 Å². The van der Waals surface area contributed by atoms with Gasteiger partial charge in [0.15, 0.2) is 11.5 Å². The predicted molar refractivity (Wildman–Crippen MR) is 62.1 cm³/mol. The first kappa shape index (κ1) is 10.2. The SMILES string of the molecule is CCC(C)(C)c1ccc2oc(C)nc2c1. The number of hydrogen-bond donors (Lipinski definition) is 0. The van der Waals surface area contributed by atoms with Gasteiger partial charge in [0.2, 0.25) is 0 Å². The van der Waals surface area contributed by atoms with Gasteiger partial charge >= 0.3 is 0 Å². The van der Waals surface area contributed by atoms with Gasteiger partial charge < -0.3 is 4.42 Å². The van der Waals surface area contributed by atoms with Crippen LogP contribution in [-0.4, -0.2) is 4.98 Å². The Morgan fingerprint density at radius 1 is 1.33 bits per heavy atom. The predicted octanol–water partition coefficient (Wildman–Crippen LogP) is 3.82. The maximum Gasteiger partial charge on any atom is 0.192 e. The van der Waals surface area contributed by atoms with Crippen LogP contribution in [0.3, 0.4) is 0 Å². The van der Waals surface area contributed by atoms with Gasteiger partial charge in [0.05, 0.1) is 0 Å². The molecule has 2 rings (SSSR count). The molecule has 80 valence electrons. The minimum atomic E-state index is 0.209. The highest BCUT2D eigenvalue weighted by Gasteiger charge is 2.18. The van der Waals surface area contributed by atoms with E-state index < -0.39 is 0 Å². The molecule has 0 atom stereocenters. The summed E-state index contributed by atoms with van der Waals surface area (Å²) >= 11 is 0. The maximum absolute atomic E-state index is 5.46. The molecule has 2 aromatic rings. The Morgan fingerprint density at radius 2 is 2.07 bits per heavy atom. The zero-order valence-electron chi connectivity index (χ0n) is 9.79. The molecule has 0 fully saturated rings. The first-order chi connectivity index (χ1) is 7.03. The molecule has 1 aromatic heterocycles. The quantitative estimate of drug-likeness (QED) is 0.741. The normalized spacial score (nSPS) is 12.3. The number of fused-ring (bicyclic) bond motifs is 1. The molecule has 0 saturated heterocycles. The van der Waals surface area contributed by atoms with Gasteiger partial charge in [-0.15, -0.1) is 0 Å². The van der Waals surface area contributed by atoms with E-state index in [0.29, 0.717) is 0 Å². The molecule has 15 heavy (non-hydrogen) atoms. The Morgan fingerprint density at radius 3 is 2.73 bits per heavy atom. The van der Waals surface area contributed by atoms with Gasteiger partial charge in [0.25, 0.3) is 0 Å². The highest BCUT2D eigenvalue weighted by atomic mass is 16.3. The van der Waals surface area contributed by atoms with E-state index in [9.17, 15) is 0 Å². The van der Waals surface area contributed by atoms with E-state index in [4.69, 9.17) is 4.42 Å². The summed E-state index contributed by atoms with van der Waals surface area (Å²) in [6.45, 7) is 8.59. The van der Waals surface area contributed by atoms with Crippen molar-refractivity contribution in [2.45, 2.75) is 39.5 Å². The molecule has 0 aliphatic carbocycles. The molecule has 0 saturated carbocycles. The Bertz CT molecular complexity index is 482. The average molecular weight is 203 g/mol. The summed E-state index contributed by atoms with van der Waals surface area (Å²) in [6.07, 6.45) is 1.12. The van der Waals surface area contributed by atoms with Crippen molar-refractivity contribution in [1.29, 1.82) is 0 Å².